The van der Waals surface area contributed by atoms with Crippen LogP contribution >= 0.6 is 15.9 Å². The molecule has 0 saturated heterocycles. The minimum absolute atomic E-state index is 0.178. The van der Waals surface area contributed by atoms with Gasteiger partial charge in [-0.25, -0.2) is 4.39 Å². The first-order valence-corrected chi connectivity index (χ1v) is 6.05. The summed E-state index contributed by atoms with van der Waals surface area (Å²) in [4.78, 5) is 0. The lowest BCUT2D eigenvalue weighted by Crippen LogP contribution is -2.46. The number of hydrogen-bond acceptors (Lipinski definition) is 1. The van der Waals surface area contributed by atoms with Crippen LogP contribution in [0, 0.1) is 11.7 Å². The summed E-state index contributed by atoms with van der Waals surface area (Å²) in [6.45, 7) is 2.24. The van der Waals surface area contributed by atoms with Crippen molar-refractivity contribution in [3.63, 3.8) is 0 Å². The minimum Gasteiger partial charge on any atom is -0.317 e. The third-order valence-electron chi connectivity index (χ3n) is 3.51. The van der Waals surface area contributed by atoms with E-state index >= 15 is 0 Å². The highest BCUT2D eigenvalue weighted by atomic mass is 79.9. The Morgan fingerprint density at radius 1 is 1.47 bits per heavy atom. The molecule has 3 heteroatoms. The SMILES string of the molecule is CNC1CC(c2ccc(F)cc2Br)C1C. The van der Waals surface area contributed by atoms with Gasteiger partial charge in [0.05, 0.1) is 0 Å². The molecule has 1 aromatic carbocycles. The molecule has 2 rings (SSSR count). The molecule has 1 fully saturated rings. The first-order valence-electron chi connectivity index (χ1n) is 5.25. The molecule has 3 atom stereocenters. The van der Waals surface area contributed by atoms with E-state index in [9.17, 15) is 4.39 Å². The van der Waals surface area contributed by atoms with Gasteiger partial charge in [-0.15, -0.1) is 0 Å². The van der Waals surface area contributed by atoms with Crippen molar-refractivity contribution in [1.82, 2.24) is 5.32 Å². The average Bonchev–Trinajstić information content (AvgIpc) is 2.20. The second kappa shape index (κ2) is 4.22. The molecule has 0 amide bonds. The Kier molecular flexibility index (Phi) is 3.12. The van der Waals surface area contributed by atoms with Crippen molar-refractivity contribution in [3.05, 3.63) is 34.1 Å². The Hall–Kier alpha value is -0.410. The molecule has 0 bridgehead atoms. The van der Waals surface area contributed by atoms with Crippen LogP contribution in [0.4, 0.5) is 4.39 Å². The fourth-order valence-corrected chi connectivity index (χ4v) is 3.03. The molecule has 1 aliphatic rings. The van der Waals surface area contributed by atoms with Gasteiger partial charge in [-0.2, -0.15) is 0 Å². The van der Waals surface area contributed by atoms with Gasteiger partial charge in [-0.1, -0.05) is 28.9 Å². The Morgan fingerprint density at radius 3 is 2.73 bits per heavy atom. The van der Waals surface area contributed by atoms with Gasteiger partial charge in [0.2, 0.25) is 0 Å². The highest BCUT2D eigenvalue weighted by Crippen LogP contribution is 2.44. The topological polar surface area (TPSA) is 12.0 Å². The Balaban J connectivity index is 2.18. The predicted octanol–water partition coefficient (Wildman–Crippen LogP) is 3.30. The molecule has 0 aliphatic heterocycles. The number of hydrogen-bond donors (Lipinski definition) is 1. The largest absolute Gasteiger partial charge is 0.317 e. The maximum atomic E-state index is 12.9. The van der Waals surface area contributed by atoms with Crippen LogP contribution in [0.1, 0.15) is 24.8 Å². The van der Waals surface area contributed by atoms with Crippen molar-refractivity contribution < 1.29 is 4.39 Å². The summed E-state index contributed by atoms with van der Waals surface area (Å²) < 4.78 is 13.8. The van der Waals surface area contributed by atoms with Crippen LogP contribution in [-0.4, -0.2) is 13.1 Å². The summed E-state index contributed by atoms with van der Waals surface area (Å²) in [5.74, 6) is 0.997. The van der Waals surface area contributed by atoms with E-state index in [2.05, 4.69) is 28.2 Å². The van der Waals surface area contributed by atoms with Gasteiger partial charge in [0.15, 0.2) is 0 Å². The van der Waals surface area contributed by atoms with E-state index in [4.69, 9.17) is 0 Å². The van der Waals surface area contributed by atoms with Gasteiger partial charge in [0.1, 0.15) is 5.82 Å². The summed E-state index contributed by atoms with van der Waals surface area (Å²) >= 11 is 3.43. The smallest absolute Gasteiger partial charge is 0.124 e. The summed E-state index contributed by atoms with van der Waals surface area (Å²) in [6, 6.07) is 5.59. The van der Waals surface area contributed by atoms with Gasteiger partial charge in [0, 0.05) is 10.5 Å². The molecule has 0 aromatic heterocycles. The number of rotatable bonds is 2. The lowest BCUT2D eigenvalue weighted by atomic mass is 9.67. The van der Waals surface area contributed by atoms with E-state index in [1.54, 1.807) is 12.1 Å². The number of nitrogens with one attached hydrogen (secondary N) is 1. The zero-order valence-electron chi connectivity index (χ0n) is 8.93. The normalized spacial score (nSPS) is 30.0. The van der Waals surface area contributed by atoms with Crippen molar-refractivity contribution >= 4 is 15.9 Å². The van der Waals surface area contributed by atoms with Crippen LogP contribution < -0.4 is 5.32 Å². The van der Waals surface area contributed by atoms with Crippen molar-refractivity contribution in [3.8, 4) is 0 Å². The zero-order chi connectivity index (χ0) is 11.0. The van der Waals surface area contributed by atoms with Crippen LogP contribution in [-0.2, 0) is 0 Å². The molecule has 1 nitrogen and oxygen atoms in total. The lowest BCUT2D eigenvalue weighted by molar-refractivity contribution is 0.193. The highest BCUT2D eigenvalue weighted by molar-refractivity contribution is 9.10. The van der Waals surface area contributed by atoms with Gasteiger partial charge < -0.3 is 5.32 Å². The lowest BCUT2D eigenvalue weighted by Gasteiger charge is -2.43. The van der Waals surface area contributed by atoms with Crippen molar-refractivity contribution in [2.45, 2.75) is 25.3 Å². The van der Waals surface area contributed by atoms with Gasteiger partial charge in [0.25, 0.3) is 0 Å². The maximum absolute atomic E-state index is 12.9. The van der Waals surface area contributed by atoms with E-state index in [0.29, 0.717) is 17.9 Å². The second-order valence-corrected chi connectivity index (χ2v) is 5.12. The summed E-state index contributed by atoms with van der Waals surface area (Å²) in [7, 11) is 2.00. The molecule has 82 valence electrons. The molecule has 15 heavy (non-hydrogen) atoms. The fourth-order valence-electron chi connectivity index (χ4n) is 2.38. The highest BCUT2D eigenvalue weighted by Gasteiger charge is 2.38. The van der Waals surface area contributed by atoms with E-state index in [-0.39, 0.29) is 5.82 Å². The van der Waals surface area contributed by atoms with Crippen LogP contribution in [0.5, 0.6) is 0 Å². The Morgan fingerprint density at radius 2 is 2.20 bits per heavy atom. The number of benzene rings is 1. The molecule has 1 aliphatic carbocycles. The van der Waals surface area contributed by atoms with Crippen LogP contribution in [0.2, 0.25) is 0 Å². The summed E-state index contributed by atoms with van der Waals surface area (Å²) in [5.41, 5.74) is 1.23. The third-order valence-corrected chi connectivity index (χ3v) is 4.20. The fraction of sp³-hybridized carbons (Fsp3) is 0.500. The predicted molar refractivity (Wildman–Crippen MR) is 63.5 cm³/mol. The standard InChI is InChI=1S/C12H15BrFN/c1-7-10(6-12(7)15-2)9-4-3-8(14)5-11(9)13/h3-5,7,10,12,15H,6H2,1-2H3. The third kappa shape index (κ3) is 1.95. The Labute approximate surface area is 98.2 Å². The van der Waals surface area contributed by atoms with Gasteiger partial charge in [-0.05, 0) is 43.0 Å². The minimum atomic E-state index is -0.178. The molecule has 0 radical (unpaired) electrons. The zero-order valence-corrected chi connectivity index (χ0v) is 10.5. The van der Waals surface area contributed by atoms with E-state index < -0.39 is 0 Å². The second-order valence-electron chi connectivity index (χ2n) is 4.26. The molecule has 3 unspecified atom stereocenters. The average molecular weight is 272 g/mol. The van der Waals surface area contributed by atoms with Crippen molar-refractivity contribution in [1.29, 1.82) is 0 Å². The molecular formula is C12H15BrFN. The van der Waals surface area contributed by atoms with Gasteiger partial charge in [-0.3, -0.25) is 0 Å². The summed E-state index contributed by atoms with van der Waals surface area (Å²) in [6.07, 6.45) is 1.14. The molecule has 0 heterocycles. The van der Waals surface area contributed by atoms with E-state index in [1.165, 1.54) is 5.56 Å². The molecule has 1 aromatic rings. The molecule has 1 saturated carbocycles. The number of halogens is 2. The first kappa shape index (κ1) is 11.1. The van der Waals surface area contributed by atoms with E-state index in [0.717, 1.165) is 10.9 Å². The van der Waals surface area contributed by atoms with Crippen molar-refractivity contribution in [2.24, 2.45) is 5.92 Å². The molecule has 1 N–H and O–H groups in total. The van der Waals surface area contributed by atoms with Crippen LogP contribution in [0.25, 0.3) is 0 Å². The van der Waals surface area contributed by atoms with Crippen molar-refractivity contribution in [2.75, 3.05) is 7.05 Å². The monoisotopic (exact) mass is 271 g/mol. The van der Waals surface area contributed by atoms with Crippen LogP contribution in [0.3, 0.4) is 0 Å². The first-order chi connectivity index (χ1) is 7.13. The Bertz CT molecular complexity index is 367. The van der Waals surface area contributed by atoms with Gasteiger partial charge >= 0.3 is 0 Å². The van der Waals surface area contributed by atoms with E-state index in [1.807, 2.05) is 13.1 Å². The summed E-state index contributed by atoms with van der Waals surface area (Å²) in [5, 5.41) is 3.29. The molecular weight excluding hydrogens is 257 g/mol. The maximum Gasteiger partial charge on any atom is 0.124 e. The van der Waals surface area contributed by atoms with Crippen LogP contribution in [0.15, 0.2) is 22.7 Å². The quantitative estimate of drug-likeness (QED) is 0.871. The molecule has 0 spiro atoms.